The minimum Gasteiger partial charge on any atom is -0.489 e. The molecule has 0 aromatic carbocycles. The monoisotopic (exact) mass is 230 g/mol. The van der Waals surface area contributed by atoms with Gasteiger partial charge in [0.05, 0.1) is 6.26 Å². The molecule has 0 saturated heterocycles. The molecule has 92 valence electrons. The van der Waals surface area contributed by atoms with Crippen LogP contribution in [-0.2, 0) is 4.74 Å². The molecule has 1 heteroatoms. The van der Waals surface area contributed by atoms with Crippen LogP contribution >= 0.6 is 0 Å². The molecule has 1 rings (SSSR count). The molecule has 17 heavy (non-hydrogen) atoms. The predicted molar refractivity (Wildman–Crippen MR) is 74.7 cm³/mol. The first-order chi connectivity index (χ1) is 8.24. The third-order valence-corrected chi connectivity index (χ3v) is 2.56. The van der Waals surface area contributed by atoms with E-state index in [0.717, 1.165) is 12.0 Å². The Balaban J connectivity index is 2.42. The van der Waals surface area contributed by atoms with Gasteiger partial charge >= 0.3 is 0 Å². The largest absolute Gasteiger partial charge is 0.489 e. The summed E-state index contributed by atoms with van der Waals surface area (Å²) < 4.78 is 5.58. The normalized spacial score (nSPS) is 21.0. The predicted octanol–water partition coefficient (Wildman–Crippen LogP) is 4.70. The molecule has 1 aliphatic rings. The van der Waals surface area contributed by atoms with Gasteiger partial charge in [0.1, 0.15) is 6.10 Å². The molecule has 1 aliphatic heterocycles. The average Bonchev–Trinajstić information content (AvgIpc) is 2.34. The number of hydrogen-bond acceptors (Lipinski definition) is 1. The molecule has 0 aromatic heterocycles. The summed E-state index contributed by atoms with van der Waals surface area (Å²) in [4.78, 5) is 0. The van der Waals surface area contributed by atoms with E-state index in [0.29, 0.717) is 0 Å². The van der Waals surface area contributed by atoms with Gasteiger partial charge in [-0.3, -0.25) is 0 Å². The zero-order chi connectivity index (χ0) is 12.5. The lowest BCUT2D eigenvalue weighted by Crippen LogP contribution is -2.10. The van der Waals surface area contributed by atoms with Crippen molar-refractivity contribution in [1.82, 2.24) is 0 Å². The number of rotatable bonds is 5. The molecule has 0 spiro atoms. The smallest absolute Gasteiger partial charge is 0.137 e. The molecule has 0 radical (unpaired) electrons. The first kappa shape index (κ1) is 13.6. The SMILES string of the molecule is CCCC=CC=CC=C(C)C1C=CC(C)=CO1. The standard InChI is InChI=1S/C16H22O/c1-4-5-6-7-8-9-10-15(3)16-12-11-14(2)13-17-16/h6-13,16H,4-5H2,1-3H3. The van der Waals surface area contributed by atoms with Crippen LogP contribution in [0.1, 0.15) is 33.6 Å². The molecular formula is C16H22O. The van der Waals surface area contributed by atoms with Crippen LogP contribution in [0.5, 0.6) is 0 Å². The van der Waals surface area contributed by atoms with Crippen molar-refractivity contribution in [2.75, 3.05) is 0 Å². The van der Waals surface area contributed by atoms with E-state index in [2.05, 4.69) is 56.4 Å². The lowest BCUT2D eigenvalue weighted by atomic mass is 10.1. The van der Waals surface area contributed by atoms with Crippen LogP contribution in [0.4, 0.5) is 0 Å². The van der Waals surface area contributed by atoms with Crippen molar-refractivity contribution in [2.24, 2.45) is 0 Å². The zero-order valence-electron chi connectivity index (χ0n) is 11.0. The molecule has 1 heterocycles. The van der Waals surface area contributed by atoms with Gasteiger partial charge in [0.25, 0.3) is 0 Å². The second-order valence-electron chi connectivity index (χ2n) is 4.29. The van der Waals surface area contributed by atoms with Crippen molar-refractivity contribution >= 4 is 0 Å². The van der Waals surface area contributed by atoms with Gasteiger partial charge in [0.2, 0.25) is 0 Å². The van der Waals surface area contributed by atoms with E-state index in [1.165, 1.54) is 12.0 Å². The van der Waals surface area contributed by atoms with Crippen molar-refractivity contribution in [2.45, 2.75) is 39.7 Å². The van der Waals surface area contributed by atoms with E-state index < -0.39 is 0 Å². The van der Waals surface area contributed by atoms with Crippen molar-refractivity contribution in [3.63, 3.8) is 0 Å². The topological polar surface area (TPSA) is 9.23 Å². The van der Waals surface area contributed by atoms with Crippen LogP contribution in [0.15, 0.2) is 59.9 Å². The maximum atomic E-state index is 5.58. The molecule has 0 N–H and O–H groups in total. The molecule has 0 fully saturated rings. The van der Waals surface area contributed by atoms with Gasteiger partial charge in [-0.15, -0.1) is 0 Å². The Bertz CT molecular complexity index is 367. The first-order valence-electron chi connectivity index (χ1n) is 6.24. The fourth-order valence-electron chi connectivity index (χ4n) is 1.47. The number of unbranched alkanes of at least 4 members (excludes halogenated alkanes) is 1. The van der Waals surface area contributed by atoms with E-state index in [-0.39, 0.29) is 6.10 Å². The molecule has 0 bridgehead atoms. The molecule has 1 unspecified atom stereocenters. The van der Waals surface area contributed by atoms with Crippen LogP contribution < -0.4 is 0 Å². The summed E-state index contributed by atoms with van der Waals surface area (Å²) in [6, 6.07) is 0. The highest BCUT2D eigenvalue weighted by Crippen LogP contribution is 2.15. The Kier molecular flexibility index (Phi) is 6.16. The summed E-state index contributed by atoms with van der Waals surface area (Å²) in [6.45, 7) is 6.30. The van der Waals surface area contributed by atoms with Crippen molar-refractivity contribution in [1.29, 1.82) is 0 Å². The molecule has 1 atom stereocenters. The van der Waals surface area contributed by atoms with Crippen LogP contribution in [0, 0.1) is 0 Å². The maximum Gasteiger partial charge on any atom is 0.137 e. The quantitative estimate of drug-likeness (QED) is 0.622. The van der Waals surface area contributed by atoms with Gasteiger partial charge in [-0.05, 0) is 37.5 Å². The van der Waals surface area contributed by atoms with E-state index in [1.54, 1.807) is 0 Å². The Labute approximate surface area is 105 Å². The summed E-state index contributed by atoms with van der Waals surface area (Å²) in [7, 11) is 0. The second-order valence-corrected chi connectivity index (χ2v) is 4.29. The van der Waals surface area contributed by atoms with Gasteiger partial charge in [0, 0.05) is 0 Å². The Morgan fingerprint density at radius 2 is 2.18 bits per heavy atom. The van der Waals surface area contributed by atoms with E-state index in [1.807, 2.05) is 13.2 Å². The molecule has 0 amide bonds. The summed E-state index contributed by atoms with van der Waals surface area (Å²) >= 11 is 0. The van der Waals surface area contributed by atoms with Gasteiger partial charge in [-0.25, -0.2) is 0 Å². The Morgan fingerprint density at radius 3 is 2.82 bits per heavy atom. The summed E-state index contributed by atoms with van der Waals surface area (Å²) in [5.41, 5.74) is 2.37. The maximum absolute atomic E-state index is 5.58. The fraction of sp³-hybridized carbons (Fsp3) is 0.375. The fourth-order valence-corrected chi connectivity index (χ4v) is 1.47. The highest BCUT2D eigenvalue weighted by Gasteiger charge is 2.08. The molecule has 0 aliphatic carbocycles. The zero-order valence-corrected chi connectivity index (χ0v) is 11.0. The van der Waals surface area contributed by atoms with Crippen molar-refractivity contribution in [3.8, 4) is 0 Å². The van der Waals surface area contributed by atoms with Crippen LogP contribution in [0.3, 0.4) is 0 Å². The van der Waals surface area contributed by atoms with E-state index >= 15 is 0 Å². The van der Waals surface area contributed by atoms with Crippen LogP contribution in [0.25, 0.3) is 0 Å². The minimum absolute atomic E-state index is 0.0861. The van der Waals surface area contributed by atoms with Gasteiger partial charge in [-0.2, -0.15) is 0 Å². The van der Waals surface area contributed by atoms with Gasteiger partial charge < -0.3 is 4.74 Å². The lowest BCUT2D eigenvalue weighted by molar-refractivity contribution is 0.211. The van der Waals surface area contributed by atoms with Crippen molar-refractivity contribution < 1.29 is 4.74 Å². The van der Waals surface area contributed by atoms with Crippen molar-refractivity contribution in [3.05, 3.63) is 59.9 Å². The van der Waals surface area contributed by atoms with Gasteiger partial charge in [-0.1, -0.05) is 49.8 Å². The summed E-state index contributed by atoms with van der Waals surface area (Å²) in [5, 5.41) is 0. The second kappa shape index (κ2) is 7.72. The summed E-state index contributed by atoms with van der Waals surface area (Å²) in [6.07, 6.45) is 18.9. The molecule has 1 nitrogen and oxygen atoms in total. The third kappa shape index (κ3) is 5.39. The first-order valence-corrected chi connectivity index (χ1v) is 6.24. The molecule has 0 saturated carbocycles. The van der Waals surface area contributed by atoms with Gasteiger partial charge in [0.15, 0.2) is 0 Å². The molecule has 0 aromatic rings. The minimum atomic E-state index is 0.0861. The lowest BCUT2D eigenvalue weighted by Gasteiger charge is -2.17. The highest BCUT2D eigenvalue weighted by molar-refractivity contribution is 5.27. The van der Waals surface area contributed by atoms with Crippen LogP contribution in [-0.4, -0.2) is 6.10 Å². The summed E-state index contributed by atoms with van der Waals surface area (Å²) in [5.74, 6) is 0. The van der Waals surface area contributed by atoms with E-state index in [9.17, 15) is 0 Å². The Morgan fingerprint density at radius 1 is 1.35 bits per heavy atom. The number of allylic oxidation sites excluding steroid dienone is 7. The number of hydrogen-bond donors (Lipinski definition) is 0. The van der Waals surface area contributed by atoms with E-state index in [4.69, 9.17) is 4.74 Å². The third-order valence-electron chi connectivity index (χ3n) is 2.56. The Hall–Kier alpha value is -1.50. The molecular weight excluding hydrogens is 208 g/mol. The van der Waals surface area contributed by atoms with Crippen LogP contribution in [0.2, 0.25) is 0 Å². The average molecular weight is 230 g/mol. The highest BCUT2D eigenvalue weighted by atomic mass is 16.5. The number of ether oxygens (including phenoxy) is 1.